The Morgan fingerprint density at radius 1 is 0.850 bits per heavy atom. The summed E-state index contributed by atoms with van der Waals surface area (Å²) in [5.41, 5.74) is 1.20. The van der Waals surface area contributed by atoms with Crippen LogP contribution in [0.2, 0.25) is 0 Å². The number of hydrogen-bond acceptors (Lipinski definition) is 5. The van der Waals surface area contributed by atoms with Crippen LogP contribution in [0.3, 0.4) is 0 Å². The summed E-state index contributed by atoms with van der Waals surface area (Å²) in [7, 11) is 0. The van der Waals surface area contributed by atoms with Crippen LogP contribution in [0.25, 0.3) is 0 Å². The van der Waals surface area contributed by atoms with Crippen LogP contribution in [-0.4, -0.2) is 35.2 Å². The maximum absolute atomic E-state index is 12.9. The van der Waals surface area contributed by atoms with E-state index in [1.165, 1.54) is 25.0 Å². The highest BCUT2D eigenvalue weighted by atomic mass is 16.6. The maximum atomic E-state index is 12.9. The standard InChI is InChI=1S/C34H50O6/c1-20(35)39-24-19-31(7)25(30(5,6)27(24)40-21(2)36)12-13-33(9)26(31)11-10-22-23-18-29(3,4)14-16-34(23,28(37)38)17-15-32(22,33)8/h10,12,23-24,26-27H,11,13-19H2,1-9H3,(H,37,38)/t23-,24+,26+,27+,31-,32+,33+,34-/m0/s1. The fraction of sp³-hybridized carbons (Fsp3) is 0.794. The molecular formula is C34H50O6. The molecule has 1 N–H and O–H groups in total. The third kappa shape index (κ3) is 3.90. The van der Waals surface area contributed by atoms with Crippen molar-refractivity contribution in [1.82, 2.24) is 0 Å². The van der Waals surface area contributed by atoms with E-state index in [9.17, 15) is 19.5 Å². The Morgan fingerprint density at radius 3 is 2.08 bits per heavy atom. The van der Waals surface area contributed by atoms with Gasteiger partial charge in [0.2, 0.25) is 0 Å². The van der Waals surface area contributed by atoms with Crippen LogP contribution in [-0.2, 0) is 23.9 Å². The molecule has 0 spiro atoms. The monoisotopic (exact) mass is 554 g/mol. The van der Waals surface area contributed by atoms with Gasteiger partial charge >= 0.3 is 17.9 Å². The van der Waals surface area contributed by atoms with E-state index >= 15 is 0 Å². The van der Waals surface area contributed by atoms with Gasteiger partial charge in [0.05, 0.1) is 5.41 Å². The number of allylic oxidation sites excluding steroid dienone is 3. The van der Waals surface area contributed by atoms with Crippen LogP contribution in [0.4, 0.5) is 0 Å². The minimum Gasteiger partial charge on any atom is -0.481 e. The molecule has 5 aliphatic rings. The predicted octanol–water partition coefficient (Wildman–Crippen LogP) is 7.27. The third-order valence-corrected chi connectivity index (χ3v) is 12.9. The number of hydrogen-bond donors (Lipinski definition) is 1. The smallest absolute Gasteiger partial charge is 0.310 e. The summed E-state index contributed by atoms with van der Waals surface area (Å²) in [5, 5.41) is 10.6. The number of rotatable bonds is 3. The van der Waals surface area contributed by atoms with Gasteiger partial charge in [-0.15, -0.1) is 0 Å². The molecule has 3 saturated carbocycles. The van der Waals surface area contributed by atoms with Gasteiger partial charge in [0.1, 0.15) is 12.2 Å². The maximum Gasteiger partial charge on any atom is 0.310 e. The minimum atomic E-state index is -0.659. The zero-order valence-electron chi connectivity index (χ0n) is 26.1. The molecule has 0 aromatic rings. The summed E-state index contributed by atoms with van der Waals surface area (Å²) in [6, 6.07) is 0. The van der Waals surface area contributed by atoms with E-state index < -0.39 is 29.0 Å². The fourth-order valence-corrected chi connectivity index (χ4v) is 10.7. The van der Waals surface area contributed by atoms with Crippen molar-refractivity contribution in [3.05, 3.63) is 23.3 Å². The van der Waals surface area contributed by atoms with Crippen LogP contribution in [0.5, 0.6) is 0 Å². The summed E-state index contributed by atoms with van der Waals surface area (Å²) in [6.45, 7) is 18.9. The molecule has 3 fully saturated rings. The van der Waals surface area contributed by atoms with E-state index in [-0.39, 0.29) is 39.5 Å². The van der Waals surface area contributed by atoms with Crippen LogP contribution in [0, 0.1) is 44.3 Å². The second-order valence-electron chi connectivity index (χ2n) is 15.9. The van der Waals surface area contributed by atoms with Crippen molar-refractivity contribution in [2.24, 2.45) is 44.3 Å². The van der Waals surface area contributed by atoms with E-state index in [2.05, 4.69) is 60.6 Å². The zero-order chi connectivity index (χ0) is 29.7. The van der Waals surface area contributed by atoms with Crippen molar-refractivity contribution in [2.45, 2.75) is 126 Å². The van der Waals surface area contributed by atoms with Gasteiger partial charge in [-0.2, -0.15) is 0 Å². The van der Waals surface area contributed by atoms with Crippen molar-refractivity contribution in [2.75, 3.05) is 0 Å². The zero-order valence-corrected chi connectivity index (χ0v) is 26.1. The van der Waals surface area contributed by atoms with Crippen LogP contribution < -0.4 is 0 Å². The van der Waals surface area contributed by atoms with Crippen molar-refractivity contribution in [1.29, 1.82) is 0 Å². The van der Waals surface area contributed by atoms with Gasteiger partial charge in [-0.05, 0) is 84.9 Å². The van der Waals surface area contributed by atoms with Crippen molar-refractivity contribution in [3.8, 4) is 0 Å². The number of aliphatic carboxylic acids is 1. The fourth-order valence-electron chi connectivity index (χ4n) is 10.7. The van der Waals surface area contributed by atoms with Gasteiger partial charge in [0.15, 0.2) is 0 Å². The molecule has 8 atom stereocenters. The molecule has 0 aromatic carbocycles. The summed E-state index contributed by atoms with van der Waals surface area (Å²) in [4.78, 5) is 37.3. The lowest BCUT2D eigenvalue weighted by atomic mass is 9.35. The molecule has 0 aliphatic heterocycles. The minimum absolute atomic E-state index is 0.0633. The van der Waals surface area contributed by atoms with Crippen molar-refractivity contribution < 1.29 is 29.0 Å². The van der Waals surface area contributed by atoms with E-state index in [0.717, 1.165) is 44.9 Å². The molecule has 222 valence electrons. The van der Waals surface area contributed by atoms with Crippen molar-refractivity contribution in [3.63, 3.8) is 0 Å². The van der Waals surface area contributed by atoms with Crippen molar-refractivity contribution >= 4 is 17.9 Å². The first-order chi connectivity index (χ1) is 18.3. The van der Waals surface area contributed by atoms with E-state index in [1.807, 2.05) is 0 Å². The third-order valence-electron chi connectivity index (χ3n) is 12.9. The van der Waals surface area contributed by atoms with Gasteiger partial charge in [0, 0.05) is 19.3 Å². The lowest BCUT2D eigenvalue weighted by Crippen LogP contribution is -2.64. The molecule has 6 nitrogen and oxygen atoms in total. The average molecular weight is 555 g/mol. The van der Waals surface area contributed by atoms with Gasteiger partial charge in [0.25, 0.3) is 0 Å². The summed E-state index contributed by atoms with van der Waals surface area (Å²) < 4.78 is 11.8. The predicted molar refractivity (Wildman–Crippen MR) is 153 cm³/mol. The first-order valence-corrected chi connectivity index (χ1v) is 15.3. The topological polar surface area (TPSA) is 89.9 Å². The Labute approximate surface area is 240 Å². The number of carboxylic acid groups (broad SMARTS) is 1. The van der Waals surface area contributed by atoms with Crippen LogP contribution in [0.1, 0.15) is 114 Å². The summed E-state index contributed by atoms with van der Waals surface area (Å²) >= 11 is 0. The van der Waals surface area contributed by atoms with E-state index in [0.29, 0.717) is 12.3 Å². The normalized spacial score (nSPS) is 44.8. The molecule has 0 radical (unpaired) electrons. The quantitative estimate of drug-likeness (QED) is 0.292. The molecule has 0 heterocycles. The molecule has 0 bridgehead atoms. The second kappa shape index (κ2) is 8.94. The second-order valence-corrected chi connectivity index (χ2v) is 15.9. The largest absolute Gasteiger partial charge is 0.481 e. The lowest BCUT2D eigenvalue weighted by molar-refractivity contribution is -0.192. The Bertz CT molecular complexity index is 1190. The SMILES string of the molecule is CC(=O)O[C@@H]1[C@H](OC(C)=O)C[C@@]2(C)C(=CC[C@]3(C)[C@@H]2CC=C2[C@@H]4CC(C)(C)CC[C@]4(C(=O)O)CC[C@]23C)C1(C)C. The average Bonchev–Trinajstić information content (AvgIpc) is 2.81. The van der Waals surface area contributed by atoms with Gasteiger partial charge in [-0.3, -0.25) is 14.4 Å². The number of carboxylic acids is 1. The highest BCUT2D eigenvalue weighted by Crippen LogP contribution is 2.74. The molecule has 0 unspecified atom stereocenters. The number of ether oxygens (including phenoxy) is 2. The molecule has 6 heteroatoms. The molecule has 5 aliphatic carbocycles. The Kier molecular flexibility index (Phi) is 6.57. The molecule has 0 saturated heterocycles. The number of esters is 2. The Balaban J connectivity index is 1.61. The molecular weight excluding hydrogens is 504 g/mol. The highest BCUT2D eigenvalue weighted by Gasteiger charge is 2.69. The first-order valence-electron chi connectivity index (χ1n) is 15.3. The summed E-state index contributed by atoms with van der Waals surface area (Å²) in [5.74, 6) is -0.984. The van der Waals surface area contributed by atoms with Gasteiger partial charge in [-0.25, -0.2) is 0 Å². The number of fused-ring (bicyclic) bond motifs is 7. The molecule has 40 heavy (non-hydrogen) atoms. The molecule has 5 rings (SSSR count). The first kappa shape index (κ1) is 29.4. The van der Waals surface area contributed by atoms with E-state index in [4.69, 9.17) is 9.47 Å². The van der Waals surface area contributed by atoms with Gasteiger partial charge < -0.3 is 14.6 Å². The lowest BCUT2D eigenvalue weighted by Gasteiger charge is -2.69. The Hall–Kier alpha value is -2.11. The number of carbonyl (C=O) groups is 3. The van der Waals surface area contributed by atoms with Gasteiger partial charge in [-0.1, -0.05) is 71.8 Å². The highest BCUT2D eigenvalue weighted by molar-refractivity contribution is 5.76. The Morgan fingerprint density at radius 2 is 1.48 bits per heavy atom. The van der Waals surface area contributed by atoms with Crippen LogP contribution >= 0.6 is 0 Å². The van der Waals surface area contributed by atoms with Crippen LogP contribution in [0.15, 0.2) is 23.3 Å². The molecule has 0 amide bonds. The van der Waals surface area contributed by atoms with E-state index in [1.54, 1.807) is 0 Å². The molecule has 0 aromatic heterocycles. The summed E-state index contributed by atoms with van der Waals surface area (Å²) in [6.07, 6.45) is 10.4. The number of carbonyl (C=O) groups excluding carboxylic acids is 2.